The average molecular weight is 525 g/mol. The zero-order valence-electron chi connectivity index (χ0n) is 20.8. The van der Waals surface area contributed by atoms with E-state index in [0.29, 0.717) is 16.6 Å². The van der Waals surface area contributed by atoms with Crippen LogP contribution in [0.5, 0.6) is 0 Å². The van der Waals surface area contributed by atoms with E-state index in [0.717, 1.165) is 25.9 Å². The van der Waals surface area contributed by atoms with Gasteiger partial charge in [-0.25, -0.2) is 18.0 Å². The summed E-state index contributed by atoms with van der Waals surface area (Å²) >= 11 is 0. The Hall–Kier alpha value is -3.85. The minimum Gasteiger partial charge on any atom is -0.440 e. The van der Waals surface area contributed by atoms with Crippen LogP contribution in [-0.2, 0) is 16.1 Å². The number of nitrogens with zero attached hydrogens (tertiary/aromatic N) is 2. The van der Waals surface area contributed by atoms with Gasteiger partial charge >= 0.3 is 6.09 Å². The first-order valence-corrected chi connectivity index (χ1v) is 12.7. The van der Waals surface area contributed by atoms with E-state index < -0.39 is 29.6 Å². The quantitative estimate of drug-likeness (QED) is 0.416. The van der Waals surface area contributed by atoms with E-state index in [9.17, 15) is 22.8 Å². The fourth-order valence-electron chi connectivity index (χ4n) is 5.52. The summed E-state index contributed by atoms with van der Waals surface area (Å²) in [5.74, 6) is -1.64. The summed E-state index contributed by atoms with van der Waals surface area (Å²) in [5, 5.41) is 2.65. The number of hydrogen-bond acceptors (Lipinski definition) is 3. The Balaban J connectivity index is 1.30. The van der Waals surface area contributed by atoms with Gasteiger partial charge in [0.15, 0.2) is 12.6 Å². The molecule has 3 aliphatic heterocycles. The number of piperidine rings is 3. The summed E-state index contributed by atoms with van der Waals surface area (Å²) in [6, 6.07) is 17.6. The molecule has 38 heavy (non-hydrogen) atoms. The average Bonchev–Trinajstić information content (AvgIpc) is 2.90. The van der Waals surface area contributed by atoms with Gasteiger partial charge in [-0.1, -0.05) is 36.4 Å². The lowest BCUT2D eigenvalue weighted by atomic mass is 9.83. The number of amides is 2. The Labute approximate surface area is 219 Å². The van der Waals surface area contributed by atoms with Gasteiger partial charge < -0.3 is 14.5 Å². The molecular formula is C29H29F3N3O3+. The van der Waals surface area contributed by atoms with Gasteiger partial charge in [0.1, 0.15) is 24.0 Å². The molecule has 0 spiro atoms. The van der Waals surface area contributed by atoms with Crippen LogP contribution in [0.4, 0.5) is 29.3 Å². The van der Waals surface area contributed by atoms with Crippen LogP contribution in [-0.4, -0.2) is 48.8 Å². The topological polar surface area (TPSA) is 58.6 Å². The van der Waals surface area contributed by atoms with Gasteiger partial charge in [0.25, 0.3) is 5.91 Å². The first kappa shape index (κ1) is 25.8. The summed E-state index contributed by atoms with van der Waals surface area (Å²) in [6.07, 6.45) is 0.409. The number of halogens is 3. The molecule has 0 unspecified atom stereocenters. The maximum atomic E-state index is 14.7. The molecule has 3 heterocycles. The van der Waals surface area contributed by atoms with Crippen molar-refractivity contribution in [1.82, 2.24) is 0 Å². The second kappa shape index (κ2) is 10.9. The molecule has 3 aromatic carbocycles. The Kier molecular flexibility index (Phi) is 7.37. The van der Waals surface area contributed by atoms with Crippen molar-refractivity contribution in [2.75, 3.05) is 36.4 Å². The maximum Gasteiger partial charge on any atom is 0.415 e. The number of fused-ring (bicyclic) bond motifs is 3. The SMILES string of the molecule is O=C(C[N+]12CCC(CC1)[C@@H](OC(=O)N(Cc1ccc(F)cc1)c1ccccc1F)C2)Nc1ccccc1F. The van der Waals surface area contributed by atoms with Crippen molar-refractivity contribution < 1.29 is 32.0 Å². The van der Waals surface area contributed by atoms with E-state index in [-0.39, 0.29) is 36.3 Å². The Bertz CT molecular complexity index is 1310. The summed E-state index contributed by atoms with van der Waals surface area (Å²) in [7, 11) is 0. The standard InChI is InChI=1S/C29H28F3N3O3/c30-22-11-9-20(10-12-22)17-34(26-8-4-2-6-24(26)32)29(37)38-27-18-35(15-13-21(27)14-16-35)19-28(36)33-25-7-3-1-5-23(25)31/h1-12,21,27H,13-19H2/p+1/t21?,27-,35?/m0/s1. The fraction of sp³-hybridized carbons (Fsp3) is 0.310. The van der Waals surface area contributed by atoms with Gasteiger partial charge in [-0.15, -0.1) is 0 Å². The molecule has 6 nitrogen and oxygen atoms in total. The third-order valence-electron chi connectivity index (χ3n) is 7.54. The van der Waals surface area contributed by atoms with Crippen molar-refractivity contribution in [1.29, 1.82) is 0 Å². The van der Waals surface area contributed by atoms with E-state index in [2.05, 4.69) is 5.32 Å². The monoisotopic (exact) mass is 524 g/mol. The van der Waals surface area contributed by atoms with Gasteiger partial charge in [0.05, 0.1) is 31.0 Å². The smallest absolute Gasteiger partial charge is 0.415 e. The molecule has 2 bridgehead atoms. The van der Waals surface area contributed by atoms with Gasteiger partial charge in [-0.05, 0) is 42.0 Å². The van der Waals surface area contributed by atoms with Crippen LogP contribution < -0.4 is 10.2 Å². The minimum absolute atomic E-state index is 0.00246. The fourth-order valence-corrected chi connectivity index (χ4v) is 5.52. The van der Waals surface area contributed by atoms with Crippen molar-refractivity contribution in [3.8, 4) is 0 Å². The highest BCUT2D eigenvalue weighted by Crippen LogP contribution is 2.36. The predicted octanol–water partition coefficient (Wildman–Crippen LogP) is 5.49. The van der Waals surface area contributed by atoms with Gasteiger partial charge in [-0.3, -0.25) is 9.69 Å². The number of rotatable bonds is 7. The van der Waals surface area contributed by atoms with Crippen molar-refractivity contribution in [3.05, 3.63) is 95.8 Å². The van der Waals surface area contributed by atoms with Gasteiger partial charge in [0.2, 0.25) is 0 Å². The van der Waals surface area contributed by atoms with E-state index in [1.807, 2.05) is 0 Å². The lowest BCUT2D eigenvalue weighted by Crippen LogP contribution is -2.66. The maximum absolute atomic E-state index is 14.7. The number of nitrogens with one attached hydrogen (secondary N) is 1. The third kappa shape index (κ3) is 5.67. The Morgan fingerprint density at radius 1 is 0.895 bits per heavy atom. The highest BCUT2D eigenvalue weighted by molar-refractivity contribution is 5.91. The molecule has 1 N–H and O–H groups in total. The summed E-state index contributed by atoms with van der Waals surface area (Å²) in [6.45, 7) is 2.11. The van der Waals surface area contributed by atoms with Crippen molar-refractivity contribution in [2.45, 2.75) is 25.5 Å². The second-order valence-corrected chi connectivity index (χ2v) is 10.1. The number of para-hydroxylation sites is 2. The van der Waals surface area contributed by atoms with E-state index in [1.54, 1.807) is 30.3 Å². The van der Waals surface area contributed by atoms with Crippen LogP contribution in [0.1, 0.15) is 18.4 Å². The molecule has 0 radical (unpaired) electrons. The van der Waals surface area contributed by atoms with Crippen LogP contribution in [0.3, 0.4) is 0 Å². The number of benzene rings is 3. The summed E-state index contributed by atoms with van der Waals surface area (Å²) in [4.78, 5) is 27.5. The highest BCUT2D eigenvalue weighted by atomic mass is 19.1. The Morgan fingerprint density at radius 3 is 2.24 bits per heavy atom. The zero-order chi connectivity index (χ0) is 26.7. The van der Waals surface area contributed by atoms with Crippen LogP contribution >= 0.6 is 0 Å². The number of anilines is 2. The van der Waals surface area contributed by atoms with Crippen molar-refractivity contribution >= 4 is 23.4 Å². The molecule has 1 atom stereocenters. The van der Waals surface area contributed by atoms with Crippen molar-refractivity contribution in [2.24, 2.45) is 5.92 Å². The zero-order valence-corrected chi connectivity index (χ0v) is 20.8. The Morgan fingerprint density at radius 2 is 1.55 bits per heavy atom. The molecule has 3 aromatic rings. The van der Waals surface area contributed by atoms with Crippen LogP contribution in [0, 0.1) is 23.4 Å². The molecule has 0 aromatic heterocycles. The number of carbonyl (C=O) groups excluding carboxylic acids is 2. The summed E-state index contributed by atoms with van der Waals surface area (Å²) in [5.41, 5.74) is 0.817. The minimum atomic E-state index is -0.702. The highest BCUT2D eigenvalue weighted by Gasteiger charge is 2.49. The third-order valence-corrected chi connectivity index (χ3v) is 7.54. The summed E-state index contributed by atoms with van der Waals surface area (Å²) < 4.78 is 48.6. The molecule has 0 aliphatic carbocycles. The molecule has 3 aliphatic rings. The van der Waals surface area contributed by atoms with Crippen molar-refractivity contribution in [3.63, 3.8) is 0 Å². The van der Waals surface area contributed by atoms with E-state index >= 15 is 0 Å². The van der Waals surface area contributed by atoms with E-state index in [4.69, 9.17) is 4.74 Å². The molecular weight excluding hydrogens is 495 g/mol. The molecule has 3 fully saturated rings. The molecule has 6 rings (SSSR count). The van der Waals surface area contributed by atoms with Crippen LogP contribution in [0.2, 0.25) is 0 Å². The van der Waals surface area contributed by atoms with Crippen LogP contribution in [0.15, 0.2) is 72.8 Å². The number of ether oxygens (including phenoxy) is 1. The molecule has 9 heteroatoms. The number of carbonyl (C=O) groups is 2. The van der Waals surface area contributed by atoms with Crippen LogP contribution in [0.25, 0.3) is 0 Å². The van der Waals surface area contributed by atoms with Gasteiger partial charge in [-0.2, -0.15) is 0 Å². The first-order valence-electron chi connectivity index (χ1n) is 12.7. The first-order chi connectivity index (χ1) is 18.3. The van der Waals surface area contributed by atoms with Gasteiger partial charge in [0, 0.05) is 18.8 Å². The second-order valence-electron chi connectivity index (χ2n) is 10.1. The molecule has 2 amide bonds. The lowest BCUT2D eigenvalue weighted by molar-refractivity contribution is -0.938. The number of hydrogen-bond donors (Lipinski definition) is 1. The normalized spacial score (nSPS) is 22.1. The molecule has 3 saturated heterocycles. The predicted molar refractivity (Wildman–Crippen MR) is 137 cm³/mol. The molecule has 0 saturated carbocycles. The molecule has 198 valence electrons. The lowest BCUT2D eigenvalue weighted by Gasteiger charge is -2.51. The number of quaternary nitrogens is 1. The largest absolute Gasteiger partial charge is 0.440 e. The van der Waals surface area contributed by atoms with E-state index in [1.165, 1.54) is 47.4 Å².